The summed E-state index contributed by atoms with van der Waals surface area (Å²) in [6.07, 6.45) is 3.61. The van der Waals surface area contributed by atoms with Crippen LogP contribution < -0.4 is 11.2 Å². The van der Waals surface area contributed by atoms with E-state index in [9.17, 15) is 24.3 Å². The van der Waals surface area contributed by atoms with Crippen molar-refractivity contribution in [3.63, 3.8) is 0 Å². The topological polar surface area (TPSA) is 166 Å². The van der Waals surface area contributed by atoms with E-state index in [2.05, 4.69) is 92.6 Å². The fourth-order valence-electron chi connectivity index (χ4n) is 10.9. The predicted octanol–water partition coefficient (Wildman–Crippen LogP) is 6.13. The van der Waals surface area contributed by atoms with Gasteiger partial charge in [0.2, 0.25) is 11.8 Å². The van der Waals surface area contributed by atoms with Gasteiger partial charge in [0.15, 0.2) is 0 Å². The zero-order valence-corrected chi connectivity index (χ0v) is 42.2. The number of esters is 1. The minimum absolute atomic E-state index is 0.0211. The van der Waals surface area contributed by atoms with Gasteiger partial charge in [-0.15, -0.1) is 5.12 Å². The highest BCUT2D eigenvalue weighted by Crippen LogP contribution is 2.41. The van der Waals surface area contributed by atoms with Crippen molar-refractivity contribution in [3.05, 3.63) is 89.5 Å². The number of ether oxygens (including phenoxy) is 2. The van der Waals surface area contributed by atoms with Crippen LogP contribution in [-0.2, 0) is 61.2 Å². The summed E-state index contributed by atoms with van der Waals surface area (Å²) in [6, 6.07) is 15.6. The molecule has 3 amide bonds. The number of nitrogens with one attached hydrogen (secondary N) is 1. The second-order valence-corrected chi connectivity index (χ2v) is 20.8. The molecule has 0 unspecified atom stereocenters. The molecule has 6 bridgehead atoms. The fourth-order valence-corrected chi connectivity index (χ4v) is 10.9. The van der Waals surface area contributed by atoms with Gasteiger partial charge in [-0.25, -0.2) is 5.84 Å². The van der Waals surface area contributed by atoms with Crippen LogP contribution in [0.25, 0.3) is 33.3 Å². The summed E-state index contributed by atoms with van der Waals surface area (Å²) in [5.74, 6) is 5.36. The third-order valence-corrected chi connectivity index (χ3v) is 14.0. The van der Waals surface area contributed by atoms with Gasteiger partial charge >= 0.3 is 5.97 Å². The highest BCUT2D eigenvalue weighted by Gasteiger charge is 2.41. The van der Waals surface area contributed by atoms with Crippen molar-refractivity contribution in [2.45, 2.75) is 105 Å². The molecule has 15 heteroatoms. The van der Waals surface area contributed by atoms with Gasteiger partial charge in [0, 0.05) is 69.1 Å². The molecule has 4 atom stereocenters. The lowest BCUT2D eigenvalue weighted by molar-refractivity contribution is -0.179. The summed E-state index contributed by atoms with van der Waals surface area (Å²) in [5.41, 5.74) is 8.30. The molecule has 4 N–H and O–H groups in total. The van der Waals surface area contributed by atoms with Crippen LogP contribution in [0.2, 0.25) is 0 Å². The number of hydrogen-bond donors (Lipinski definition) is 3. The molecule has 2 saturated heterocycles. The maximum Gasteiger partial charge on any atom is 0.326 e. The van der Waals surface area contributed by atoms with Gasteiger partial charge in [0.05, 0.1) is 24.9 Å². The first kappa shape index (κ1) is 51.3. The van der Waals surface area contributed by atoms with Crippen LogP contribution in [0, 0.1) is 17.3 Å². The third kappa shape index (κ3) is 11.4. The standard InChI is InChI=1S/C54H74N8O7/c1-11-48(64)59-21-19-35(30-59)29-58(9)49(34(3)4)51(65)56-45-24-36-22-40(26-42(63)23-36)37-17-18-46-43(27-37)44(28-54(5,6)33-69-53(67)47-14-13-20-61(52(45)66)62(47)55)50(60(46)12-2)38-15-16-39(31-57(7)8)41(25-38)32-68-10/h11,15-18,22-23,25-27,34-35,45,47,49,63H,1,12-14,19-21,24,28-33,55H2,2-10H3,(H,56,65)/t35-,45+,47+,49+/m1/s1. The Kier molecular flexibility index (Phi) is 16.0. The summed E-state index contributed by atoms with van der Waals surface area (Å²) in [7, 11) is 7.73. The molecular weight excluding hydrogens is 873 g/mol. The number of phenolic OH excluding ortho intramolecular Hbond substituents is 1. The number of nitrogens with zero attached hydrogens (tertiary/aromatic N) is 6. The number of aromatic nitrogens is 1. The van der Waals surface area contributed by atoms with Crippen LogP contribution in [0.4, 0.5) is 0 Å². The number of aryl methyl sites for hydroxylation is 1. The van der Waals surface area contributed by atoms with E-state index >= 15 is 0 Å². The number of phenols is 1. The van der Waals surface area contributed by atoms with Crippen molar-refractivity contribution < 1.29 is 33.8 Å². The summed E-state index contributed by atoms with van der Waals surface area (Å²) in [6.45, 7) is 18.0. The van der Waals surface area contributed by atoms with Gasteiger partial charge in [-0.2, -0.15) is 0 Å². The first-order valence-electron chi connectivity index (χ1n) is 24.5. The Morgan fingerprint density at radius 2 is 1.77 bits per heavy atom. The summed E-state index contributed by atoms with van der Waals surface area (Å²) in [5, 5.41) is 18.1. The number of cyclic esters (lactones) is 1. The zero-order chi connectivity index (χ0) is 49.9. The van der Waals surface area contributed by atoms with Crippen LogP contribution in [0.15, 0.2) is 67.3 Å². The number of amides is 3. The predicted molar refractivity (Wildman–Crippen MR) is 269 cm³/mol. The molecule has 3 aliphatic heterocycles. The molecular formula is C54H74N8O7. The van der Waals surface area contributed by atoms with Gasteiger partial charge in [-0.3, -0.25) is 29.1 Å². The minimum atomic E-state index is -1.12. The van der Waals surface area contributed by atoms with Gasteiger partial charge in [-0.1, -0.05) is 58.5 Å². The second kappa shape index (κ2) is 21.6. The van der Waals surface area contributed by atoms with E-state index in [1.807, 2.05) is 31.9 Å². The minimum Gasteiger partial charge on any atom is -0.508 e. The molecule has 0 aliphatic carbocycles. The number of carbonyl (C=O) groups is 4. The van der Waals surface area contributed by atoms with Crippen molar-refractivity contribution in [1.29, 1.82) is 0 Å². The molecule has 2 fully saturated rings. The lowest BCUT2D eigenvalue weighted by Crippen LogP contribution is -2.65. The molecule has 4 aromatic rings. The van der Waals surface area contributed by atoms with Crippen LogP contribution in [0.3, 0.4) is 0 Å². The third-order valence-electron chi connectivity index (χ3n) is 14.0. The number of rotatable bonds is 13. The number of likely N-dealkylation sites (tertiary alicyclic amines) is 1. The number of carbonyl (C=O) groups excluding carboxylic acids is 4. The number of fused-ring (bicyclic) bond motifs is 6. The maximum absolute atomic E-state index is 14.9. The SMILES string of the molecule is C=CC(=O)N1CC[C@H](CN(C)[C@H](C(=O)N[C@H]2Cc3cc(O)cc(c3)-c3ccc4c(c3)c(c(-c3ccc(CN(C)C)c(COC)c3)n4CC)CC(C)(C)COC(=O)[C@@H]3CCCN(C2=O)N3N)C(C)C)C1. The highest BCUT2D eigenvalue weighted by atomic mass is 16.5. The van der Waals surface area contributed by atoms with E-state index in [0.717, 1.165) is 57.4 Å². The van der Waals surface area contributed by atoms with Crippen molar-refractivity contribution in [2.24, 2.45) is 23.1 Å². The van der Waals surface area contributed by atoms with E-state index in [-0.39, 0.29) is 49.0 Å². The number of benzene rings is 3. The van der Waals surface area contributed by atoms with E-state index in [0.29, 0.717) is 57.6 Å². The Morgan fingerprint density at radius 1 is 1.01 bits per heavy atom. The molecule has 15 nitrogen and oxygen atoms in total. The Labute approximate surface area is 408 Å². The van der Waals surface area contributed by atoms with Crippen LogP contribution >= 0.6 is 0 Å². The van der Waals surface area contributed by atoms with Crippen LogP contribution in [0.5, 0.6) is 5.75 Å². The van der Waals surface area contributed by atoms with Crippen molar-refractivity contribution in [2.75, 3.05) is 61.0 Å². The van der Waals surface area contributed by atoms with Crippen molar-refractivity contribution in [3.8, 4) is 28.1 Å². The molecule has 372 valence electrons. The molecule has 7 rings (SSSR count). The lowest BCUT2D eigenvalue weighted by Gasteiger charge is -2.42. The van der Waals surface area contributed by atoms with Gasteiger partial charge in [0.25, 0.3) is 5.91 Å². The molecule has 4 heterocycles. The van der Waals surface area contributed by atoms with Crippen molar-refractivity contribution >= 4 is 34.6 Å². The van der Waals surface area contributed by atoms with Gasteiger partial charge in [-0.05, 0) is 141 Å². The van der Waals surface area contributed by atoms with Crippen molar-refractivity contribution in [1.82, 2.24) is 34.7 Å². The largest absolute Gasteiger partial charge is 0.508 e. The monoisotopic (exact) mass is 947 g/mol. The van der Waals surface area contributed by atoms with Gasteiger partial charge < -0.3 is 34.3 Å². The first-order chi connectivity index (χ1) is 32.8. The second-order valence-electron chi connectivity index (χ2n) is 20.8. The molecule has 3 aliphatic rings. The number of aromatic hydroxyl groups is 1. The molecule has 0 spiro atoms. The van der Waals surface area contributed by atoms with E-state index in [4.69, 9.17) is 15.3 Å². The zero-order valence-electron chi connectivity index (χ0n) is 42.2. The smallest absolute Gasteiger partial charge is 0.326 e. The molecule has 1 aromatic heterocycles. The Bertz CT molecular complexity index is 2550. The number of methoxy groups -OCH3 is 1. The van der Waals surface area contributed by atoms with Crippen LogP contribution in [0.1, 0.15) is 76.1 Å². The number of nitrogens with two attached hydrogens (primary N) is 1. The number of hydrogen-bond acceptors (Lipinski definition) is 11. The molecule has 0 saturated carbocycles. The average Bonchev–Trinajstić information content (AvgIpc) is 3.89. The maximum atomic E-state index is 14.9. The van der Waals surface area contributed by atoms with E-state index in [1.54, 1.807) is 24.1 Å². The van der Waals surface area contributed by atoms with E-state index in [1.165, 1.54) is 21.8 Å². The number of hydrazine groups is 2. The normalized spacial score (nSPS) is 20.7. The first-order valence-corrected chi connectivity index (χ1v) is 24.5. The molecule has 69 heavy (non-hydrogen) atoms. The van der Waals surface area contributed by atoms with Gasteiger partial charge in [0.1, 0.15) is 17.8 Å². The molecule has 0 radical (unpaired) electrons. The Hall–Kier alpha value is -5.58. The quantitative estimate of drug-likeness (QED) is 0.0802. The Balaban J connectivity index is 1.32. The van der Waals surface area contributed by atoms with E-state index < -0.39 is 35.4 Å². The fraction of sp³-hybridized carbons (Fsp3) is 0.519. The summed E-state index contributed by atoms with van der Waals surface area (Å²) in [4.78, 5) is 62.0. The lowest BCUT2D eigenvalue weighted by atomic mass is 9.84. The molecule has 3 aromatic carbocycles. The summed E-state index contributed by atoms with van der Waals surface area (Å²) >= 11 is 0. The number of likely N-dealkylation sites (N-methyl/N-ethyl adjacent to an activating group) is 1. The Morgan fingerprint density at radius 3 is 2.46 bits per heavy atom. The summed E-state index contributed by atoms with van der Waals surface area (Å²) < 4.78 is 14.2. The average molecular weight is 947 g/mol. The highest BCUT2D eigenvalue weighted by molar-refractivity contribution is 5.95. The van der Waals surface area contributed by atoms with Crippen LogP contribution in [-0.4, -0.2) is 137 Å².